The fourth-order valence-electron chi connectivity index (χ4n) is 1.55. The van der Waals surface area contributed by atoms with Gasteiger partial charge in [-0.2, -0.15) is 0 Å². The minimum absolute atomic E-state index is 0.0747. The molecule has 1 unspecified atom stereocenters. The first-order valence-electron chi connectivity index (χ1n) is 5.00. The number of hydrogen-bond donors (Lipinski definition) is 1. The number of aliphatic hydroxyl groups is 1. The van der Waals surface area contributed by atoms with Gasteiger partial charge in [-0.25, -0.2) is 4.68 Å². The first kappa shape index (κ1) is 11.0. The fourth-order valence-corrected chi connectivity index (χ4v) is 1.55. The van der Waals surface area contributed by atoms with E-state index in [4.69, 9.17) is 9.84 Å². The number of amides is 1. The van der Waals surface area contributed by atoms with Gasteiger partial charge in [0, 0.05) is 13.1 Å². The molecule has 2 rings (SSSR count). The van der Waals surface area contributed by atoms with Gasteiger partial charge in [-0.05, 0) is 10.4 Å². The van der Waals surface area contributed by atoms with E-state index in [9.17, 15) is 4.79 Å². The second kappa shape index (κ2) is 4.99. The standard InChI is InChI=1S/C8H13N5O3/c14-5-7-3-12(1-2-16-7)8(15)4-13-6-9-10-11-13/h6-7,14H,1-5H2. The van der Waals surface area contributed by atoms with Crippen molar-refractivity contribution in [2.45, 2.75) is 12.6 Å². The highest BCUT2D eigenvalue weighted by molar-refractivity contribution is 5.76. The lowest BCUT2D eigenvalue weighted by molar-refractivity contribution is -0.141. The zero-order chi connectivity index (χ0) is 11.4. The maximum Gasteiger partial charge on any atom is 0.244 e. The molecule has 0 spiro atoms. The largest absolute Gasteiger partial charge is 0.394 e. The number of ether oxygens (including phenoxy) is 1. The van der Waals surface area contributed by atoms with Crippen LogP contribution in [-0.2, 0) is 16.1 Å². The van der Waals surface area contributed by atoms with Crippen LogP contribution in [0, 0.1) is 0 Å². The van der Waals surface area contributed by atoms with E-state index in [1.54, 1.807) is 4.90 Å². The summed E-state index contributed by atoms with van der Waals surface area (Å²) in [5.41, 5.74) is 0. The lowest BCUT2D eigenvalue weighted by Gasteiger charge is -2.31. The summed E-state index contributed by atoms with van der Waals surface area (Å²) in [6, 6.07) is 0. The summed E-state index contributed by atoms with van der Waals surface area (Å²) in [5, 5.41) is 19.5. The number of aromatic nitrogens is 4. The van der Waals surface area contributed by atoms with Gasteiger partial charge >= 0.3 is 0 Å². The number of rotatable bonds is 3. The molecule has 1 aromatic heterocycles. The predicted octanol–water partition coefficient (Wildman–Crippen LogP) is -2.11. The number of carbonyl (C=O) groups is 1. The molecule has 8 nitrogen and oxygen atoms in total. The van der Waals surface area contributed by atoms with E-state index in [1.165, 1.54) is 11.0 Å². The Labute approximate surface area is 91.8 Å². The predicted molar refractivity (Wildman–Crippen MR) is 51.2 cm³/mol. The topological polar surface area (TPSA) is 93.4 Å². The van der Waals surface area contributed by atoms with Gasteiger partial charge in [-0.15, -0.1) is 5.10 Å². The molecule has 88 valence electrons. The number of morpholine rings is 1. The SMILES string of the molecule is O=C(Cn1cnnn1)N1CCOC(CO)C1. The van der Waals surface area contributed by atoms with E-state index < -0.39 is 0 Å². The Hall–Kier alpha value is -1.54. The normalized spacial score (nSPS) is 21.1. The van der Waals surface area contributed by atoms with E-state index in [0.29, 0.717) is 19.7 Å². The van der Waals surface area contributed by atoms with Gasteiger partial charge in [0.1, 0.15) is 12.9 Å². The van der Waals surface area contributed by atoms with Crippen molar-refractivity contribution in [3.05, 3.63) is 6.33 Å². The maximum atomic E-state index is 11.8. The second-order valence-electron chi connectivity index (χ2n) is 3.52. The summed E-state index contributed by atoms with van der Waals surface area (Å²) in [5.74, 6) is -0.0750. The lowest BCUT2D eigenvalue weighted by Crippen LogP contribution is -2.47. The van der Waals surface area contributed by atoms with Crippen molar-refractivity contribution in [3.8, 4) is 0 Å². The molecule has 0 bridgehead atoms. The molecule has 2 heterocycles. The molecule has 1 aromatic rings. The van der Waals surface area contributed by atoms with Crippen molar-refractivity contribution in [3.63, 3.8) is 0 Å². The first-order valence-corrected chi connectivity index (χ1v) is 5.00. The molecule has 0 saturated carbocycles. The molecule has 1 N–H and O–H groups in total. The van der Waals surface area contributed by atoms with Gasteiger partial charge in [0.25, 0.3) is 0 Å². The molecule has 8 heteroatoms. The third kappa shape index (κ3) is 2.52. The molecule has 0 radical (unpaired) electrons. The van der Waals surface area contributed by atoms with E-state index in [-0.39, 0.29) is 25.2 Å². The third-order valence-corrected chi connectivity index (χ3v) is 2.38. The third-order valence-electron chi connectivity index (χ3n) is 2.38. The summed E-state index contributed by atoms with van der Waals surface area (Å²) < 4.78 is 6.62. The molecule has 1 aliphatic heterocycles. The van der Waals surface area contributed by atoms with Crippen LogP contribution in [0.25, 0.3) is 0 Å². The summed E-state index contributed by atoms with van der Waals surface area (Å²) in [7, 11) is 0. The number of carbonyl (C=O) groups excluding carboxylic acids is 1. The number of tetrazole rings is 1. The van der Waals surface area contributed by atoms with Gasteiger partial charge in [0.15, 0.2) is 0 Å². The fraction of sp³-hybridized carbons (Fsp3) is 0.750. The Balaban J connectivity index is 1.89. The first-order chi connectivity index (χ1) is 7.79. The van der Waals surface area contributed by atoms with Crippen LogP contribution in [0.3, 0.4) is 0 Å². The van der Waals surface area contributed by atoms with Gasteiger partial charge in [0.2, 0.25) is 5.91 Å². The molecule has 1 aliphatic rings. The lowest BCUT2D eigenvalue weighted by atomic mass is 10.3. The van der Waals surface area contributed by atoms with Crippen LogP contribution in [0.4, 0.5) is 0 Å². The Kier molecular flexibility index (Phi) is 3.42. The zero-order valence-electron chi connectivity index (χ0n) is 8.69. The van der Waals surface area contributed by atoms with Crippen molar-refractivity contribution in [2.75, 3.05) is 26.3 Å². The average molecular weight is 227 g/mol. The molecule has 0 aliphatic carbocycles. The van der Waals surface area contributed by atoms with E-state index >= 15 is 0 Å². The monoisotopic (exact) mass is 227 g/mol. The van der Waals surface area contributed by atoms with Crippen LogP contribution in [-0.4, -0.2) is 68.5 Å². The summed E-state index contributed by atoms with van der Waals surface area (Å²) in [6.07, 6.45) is 1.11. The molecular weight excluding hydrogens is 214 g/mol. The van der Waals surface area contributed by atoms with E-state index in [0.717, 1.165) is 0 Å². The second-order valence-corrected chi connectivity index (χ2v) is 3.52. The minimum atomic E-state index is -0.286. The Morgan fingerprint density at radius 1 is 1.62 bits per heavy atom. The van der Waals surface area contributed by atoms with Gasteiger partial charge < -0.3 is 14.7 Å². The van der Waals surface area contributed by atoms with E-state index in [2.05, 4.69) is 15.5 Å². The highest BCUT2D eigenvalue weighted by Crippen LogP contribution is 2.05. The van der Waals surface area contributed by atoms with Crippen molar-refractivity contribution in [2.24, 2.45) is 0 Å². The molecule has 0 aromatic carbocycles. The molecule has 1 atom stereocenters. The molecular formula is C8H13N5O3. The van der Waals surface area contributed by atoms with Gasteiger partial charge in [0.05, 0.1) is 19.3 Å². The summed E-state index contributed by atoms with van der Waals surface area (Å²) in [6.45, 7) is 1.45. The van der Waals surface area contributed by atoms with Crippen LogP contribution >= 0.6 is 0 Å². The number of hydrogen-bond acceptors (Lipinski definition) is 6. The molecule has 1 fully saturated rings. The van der Waals surface area contributed by atoms with Gasteiger partial charge in [-0.1, -0.05) is 0 Å². The van der Waals surface area contributed by atoms with Crippen LogP contribution in [0.15, 0.2) is 6.33 Å². The minimum Gasteiger partial charge on any atom is -0.394 e. The van der Waals surface area contributed by atoms with Crippen LogP contribution in [0.2, 0.25) is 0 Å². The highest BCUT2D eigenvalue weighted by atomic mass is 16.5. The van der Waals surface area contributed by atoms with Crippen LogP contribution < -0.4 is 0 Å². The zero-order valence-corrected chi connectivity index (χ0v) is 8.69. The molecule has 1 saturated heterocycles. The maximum absolute atomic E-state index is 11.8. The van der Waals surface area contributed by atoms with Gasteiger partial charge in [-0.3, -0.25) is 4.79 Å². The highest BCUT2D eigenvalue weighted by Gasteiger charge is 2.23. The Morgan fingerprint density at radius 3 is 3.19 bits per heavy atom. The van der Waals surface area contributed by atoms with Crippen molar-refractivity contribution < 1.29 is 14.6 Å². The molecule has 1 amide bonds. The Bertz CT molecular complexity index is 341. The quantitative estimate of drug-likeness (QED) is 0.635. The van der Waals surface area contributed by atoms with Crippen molar-refractivity contribution in [1.29, 1.82) is 0 Å². The number of aliphatic hydroxyl groups excluding tert-OH is 1. The van der Waals surface area contributed by atoms with Crippen molar-refractivity contribution >= 4 is 5.91 Å². The average Bonchev–Trinajstić information content (AvgIpc) is 2.82. The smallest absolute Gasteiger partial charge is 0.244 e. The van der Waals surface area contributed by atoms with Crippen LogP contribution in [0.5, 0.6) is 0 Å². The summed E-state index contributed by atoms with van der Waals surface area (Å²) >= 11 is 0. The van der Waals surface area contributed by atoms with Crippen LogP contribution in [0.1, 0.15) is 0 Å². The van der Waals surface area contributed by atoms with E-state index in [1.807, 2.05) is 0 Å². The summed E-state index contributed by atoms with van der Waals surface area (Å²) in [4.78, 5) is 13.4. The Morgan fingerprint density at radius 2 is 2.50 bits per heavy atom. The molecule has 16 heavy (non-hydrogen) atoms. The number of nitrogens with zero attached hydrogens (tertiary/aromatic N) is 5. The van der Waals surface area contributed by atoms with Crippen molar-refractivity contribution in [1.82, 2.24) is 25.1 Å².